The van der Waals surface area contributed by atoms with Gasteiger partial charge in [-0.3, -0.25) is 4.90 Å². The van der Waals surface area contributed by atoms with Gasteiger partial charge >= 0.3 is 0 Å². The highest BCUT2D eigenvalue weighted by Gasteiger charge is 2.19. The van der Waals surface area contributed by atoms with Gasteiger partial charge in [0.05, 0.1) is 5.69 Å². The first-order valence-corrected chi connectivity index (χ1v) is 10.2. The second-order valence-corrected chi connectivity index (χ2v) is 7.72. The minimum absolute atomic E-state index is 0.174. The summed E-state index contributed by atoms with van der Waals surface area (Å²) in [4.78, 5) is 13.8. The zero-order valence-electron chi connectivity index (χ0n) is 16.3. The van der Waals surface area contributed by atoms with Crippen molar-refractivity contribution in [2.75, 3.05) is 42.9 Å². The van der Waals surface area contributed by atoms with E-state index in [1.807, 2.05) is 6.07 Å². The van der Waals surface area contributed by atoms with Crippen LogP contribution in [0.5, 0.6) is 0 Å². The van der Waals surface area contributed by atoms with Crippen molar-refractivity contribution in [3.8, 4) is 11.3 Å². The average Bonchev–Trinajstić information content (AvgIpc) is 2.74. The third-order valence-electron chi connectivity index (χ3n) is 5.66. The van der Waals surface area contributed by atoms with Gasteiger partial charge in [-0.15, -0.1) is 0 Å². The first-order chi connectivity index (χ1) is 14.2. The molecule has 3 aromatic rings. The molecule has 0 atom stereocenters. The van der Waals surface area contributed by atoms with Crippen LogP contribution in [0.4, 0.5) is 16.0 Å². The summed E-state index contributed by atoms with van der Waals surface area (Å²) in [7, 11) is 0. The third-order valence-corrected chi connectivity index (χ3v) is 5.66. The highest BCUT2D eigenvalue weighted by Crippen LogP contribution is 2.23. The van der Waals surface area contributed by atoms with Gasteiger partial charge in [-0.1, -0.05) is 18.2 Å². The van der Waals surface area contributed by atoms with Gasteiger partial charge in [0.1, 0.15) is 5.82 Å². The van der Waals surface area contributed by atoms with E-state index in [2.05, 4.69) is 55.4 Å². The lowest BCUT2D eigenvalue weighted by molar-refractivity contribution is 0.250. The molecule has 2 aromatic carbocycles. The Morgan fingerprint density at radius 1 is 0.931 bits per heavy atom. The lowest BCUT2D eigenvalue weighted by Crippen LogP contribution is -2.46. The first kappa shape index (κ1) is 18.1. The predicted molar refractivity (Wildman–Crippen MR) is 114 cm³/mol. The molecule has 6 rings (SSSR count). The molecule has 8 bridgehead atoms. The summed E-state index contributed by atoms with van der Waals surface area (Å²) in [5, 5.41) is 3.28. The lowest BCUT2D eigenvalue weighted by Gasteiger charge is -2.36. The topological polar surface area (TPSA) is 44.3 Å². The van der Waals surface area contributed by atoms with Crippen molar-refractivity contribution in [3.05, 3.63) is 71.7 Å². The van der Waals surface area contributed by atoms with Crippen molar-refractivity contribution in [1.82, 2.24) is 14.9 Å². The zero-order chi connectivity index (χ0) is 19.6. The number of aromatic nitrogens is 2. The van der Waals surface area contributed by atoms with Gasteiger partial charge in [0.2, 0.25) is 5.95 Å². The Morgan fingerprint density at radius 3 is 2.72 bits per heavy atom. The van der Waals surface area contributed by atoms with E-state index < -0.39 is 0 Å². The lowest BCUT2D eigenvalue weighted by atomic mass is 10.1. The molecule has 0 unspecified atom stereocenters. The number of anilines is 2. The molecule has 3 aliphatic rings. The molecule has 1 N–H and O–H groups in total. The van der Waals surface area contributed by atoms with Crippen LogP contribution in [0.1, 0.15) is 11.1 Å². The van der Waals surface area contributed by atoms with Gasteiger partial charge in [-0.25, -0.2) is 14.4 Å². The standard InChI is InChI=1S/C23H24FN5/c24-20-13-17-4-6-25-23-26-7-5-22(27-23)19-3-1-2-18(12-19)16-28-8-10-29(11-9-28)21(14-17)15-20/h1-3,5,7,12-15H,4,6,8-11,16H2,(H,25,26,27). The van der Waals surface area contributed by atoms with Crippen molar-refractivity contribution in [1.29, 1.82) is 0 Å². The van der Waals surface area contributed by atoms with E-state index >= 15 is 0 Å². The highest BCUT2D eigenvalue weighted by molar-refractivity contribution is 5.61. The number of halogens is 1. The molecular weight excluding hydrogens is 365 g/mol. The van der Waals surface area contributed by atoms with E-state index in [1.165, 1.54) is 5.56 Å². The van der Waals surface area contributed by atoms with Crippen molar-refractivity contribution in [2.45, 2.75) is 13.0 Å². The van der Waals surface area contributed by atoms with Gasteiger partial charge in [-0.2, -0.15) is 0 Å². The summed E-state index contributed by atoms with van der Waals surface area (Å²) in [6.45, 7) is 5.32. The summed E-state index contributed by atoms with van der Waals surface area (Å²) >= 11 is 0. The summed E-state index contributed by atoms with van der Waals surface area (Å²) < 4.78 is 14.2. The molecule has 0 amide bonds. The quantitative estimate of drug-likeness (QED) is 0.637. The molecule has 1 fully saturated rings. The fourth-order valence-corrected chi connectivity index (χ4v) is 4.13. The molecular formula is C23H24FN5. The Bertz CT molecular complexity index is 1010. The van der Waals surface area contributed by atoms with Gasteiger partial charge < -0.3 is 10.2 Å². The van der Waals surface area contributed by atoms with E-state index in [1.54, 1.807) is 18.3 Å². The van der Waals surface area contributed by atoms with Gasteiger partial charge in [0.25, 0.3) is 0 Å². The fraction of sp³-hybridized carbons (Fsp3) is 0.304. The number of hydrogen-bond donors (Lipinski definition) is 1. The van der Waals surface area contributed by atoms with E-state index in [9.17, 15) is 4.39 Å². The predicted octanol–water partition coefficient (Wildman–Crippen LogP) is 3.57. The van der Waals surface area contributed by atoms with Gasteiger partial charge in [-0.05, 0) is 47.9 Å². The number of hydrogen-bond acceptors (Lipinski definition) is 5. The van der Waals surface area contributed by atoms with Crippen LogP contribution in [0, 0.1) is 5.82 Å². The van der Waals surface area contributed by atoms with Crippen LogP contribution in [-0.4, -0.2) is 47.6 Å². The van der Waals surface area contributed by atoms with Gasteiger partial charge in [0, 0.05) is 56.7 Å². The number of piperazine rings is 1. The minimum Gasteiger partial charge on any atom is -0.369 e. The van der Waals surface area contributed by atoms with Crippen LogP contribution in [0.2, 0.25) is 0 Å². The number of rotatable bonds is 0. The largest absolute Gasteiger partial charge is 0.369 e. The van der Waals surface area contributed by atoms with Crippen molar-refractivity contribution in [3.63, 3.8) is 0 Å². The monoisotopic (exact) mass is 389 g/mol. The molecule has 6 heteroatoms. The summed E-state index contributed by atoms with van der Waals surface area (Å²) in [6.07, 6.45) is 2.50. The zero-order valence-corrected chi connectivity index (χ0v) is 16.3. The van der Waals surface area contributed by atoms with Crippen molar-refractivity contribution in [2.24, 2.45) is 0 Å². The van der Waals surface area contributed by atoms with Crippen LogP contribution < -0.4 is 10.2 Å². The minimum atomic E-state index is -0.174. The van der Waals surface area contributed by atoms with Crippen LogP contribution in [0.3, 0.4) is 0 Å². The fourth-order valence-electron chi connectivity index (χ4n) is 4.13. The Morgan fingerprint density at radius 2 is 1.83 bits per heavy atom. The second kappa shape index (κ2) is 7.79. The van der Waals surface area contributed by atoms with Crippen molar-refractivity contribution >= 4 is 11.6 Å². The van der Waals surface area contributed by atoms with Gasteiger partial charge in [0.15, 0.2) is 0 Å². The number of nitrogens with zero attached hydrogens (tertiary/aromatic N) is 4. The maximum Gasteiger partial charge on any atom is 0.223 e. The molecule has 3 aliphatic heterocycles. The maximum atomic E-state index is 14.2. The number of fused-ring (bicyclic) bond motifs is 4. The van der Waals surface area contributed by atoms with Crippen LogP contribution >= 0.6 is 0 Å². The van der Waals surface area contributed by atoms with E-state index in [4.69, 9.17) is 0 Å². The van der Waals surface area contributed by atoms with E-state index in [0.717, 1.165) is 55.2 Å². The molecule has 4 heterocycles. The average molecular weight is 389 g/mol. The second-order valence-electron chi connectivity index (χ2n) is 7.72. The maximum absolute atomic E-state index is 14.2. The van der Waals surface area contributed by atoms with Crippen LogP contribution in [0.15, 0.2) is 54.7 Å². The number of benzene rings is 2. The third kappa shape index (κ3) is 4.07. The first-order valence-electron chi connectivity index (χ1n) is 10.2. The summed E-state index contributed by atoms with van der Waals surface area (Å²) in [6, 6.07) is 15.9. The summed E-state index contributed by atoms with van der Waals surface area (Å²) in [5.74, 6) is 0.425. The molecule has 0 radical (unpaired) electrons. The van der Waals surface area contributed by atoms with Crippen LogP contribution in [0.25, 0.3) is 11.3 Å². The SMILES string of the molecule is Fc1cc2cc(c1)N1CCN(CC1)Cc1cccc(c1)-c1ccnc(n1)NCC2. The molecule has 1 aromatic heterocycles. The molecule has 1 saturated heterocycles. The molecule has 0 aliphatic carbocycles. The summed E-state index contributed by atoms with van der Waals surface area (Å²) in [5.41, 5.74) is 5.25. The molecule has 0 saturated carbocycles. The Balaban J connectivity index is 1.50. The molecule has 5 nitrogen and oxygen atoms in total. The molecule has 29 heavy (non-hydrogen) atoms. The normalized spacial score (nSPS) is 16.9. The molecule has 148 valence electrons. The smallest absolute Gasteiger partial charge is 0.223 e. The number of nitrogens with one attached hydrogen (secondary N) is 1. The highest BCUT2D eigenvalue weighted by atomic mass is 19.1. The Kier molecular flexibility index (Phi) is 4.86. The molecule has 0 spiro atoms. The van der Waals surface area contributed by atoms with Crippen molar-refractivity contribution < 1.29 is 4.39 Å². The Labute approximate surface area is 170 Å². The van der Waals surface area contributed by atoms with E-state index in [-0.39, 0.29) is 5.82 Å². The van der Waals surface area contributed by atoms with Crippen LogP contribution in [-0.2, 0) is 13.0 Å². The Hall–Kier alpha value is -2.99. The van der Waals surface area contributed by atoms with E-state index in [0.29, 0.717) is 18.9 Å².